The summed E-state index contributed by atoms with van der Waals surface area (Å²) in [6, 6.07) is 32.5. The van der Waals surface area contributed by atoms with Crippen molar-refractivity contribution in [2.75, 3.05) is 0 Å². The molecule has 0 radical (unpaired) electrons. The molecule has 2 aromatic carbocycles. The molecule has 4 amide bonds. The summed E-state index contributed by atoms with van der Waals surface area (Å²) in [5.41, 5.74) is 1.13. The fraction of sp³-hybridized carbons (Fsp3) is 0. The zero-order valence-electron chi connectivity index (χ0n) is 23.7. The number of benzene rings is 2. The number of fused-ring (bicyclic) bond motifs is 1. The van der Waals surface area contributed by atoms with Crippen LogP contribution in [0.5, 0.6) is 0 Å². The molecule has 0 aliphatic carbocycles. The van der Waals surface area contributed by atoms with E-state index in [1.807, 2.05) is 59.3 Å². The minimum atomic E-state index is -0.636. The lowest BCUT2D eigenvalue weighted by Crippen LogP contribution is -2.36. The highest BCUT2D eigenvalue weighted by atomic mass is 32.1. The molecule has 0 N–H and O–H groups in total. The van der Waals surface area contributed by atoms with Gasteiger partial charge in [0.15, 0.2) is 0 Å². The molecule has 0 saturated carbocycles. The predicted molar refractivity (Wildman–Crippen MR) is 184 cm³/mol. The number of hydrogen-bond acceptors (Lipinski definition) is 8. The Bertz CT molecular complexity index is 2060. The molecule has 4 aromatic heterocycles. The molecule has 2 aliphatic rings. The van der Waals surface area contributed by atoms with Crippen molar-refractivity contribution < 1.29 is 19.2 Å². The highest BCUT2D eigenvalue weighted by Crippen LogP contribution is 2.51. The Balaban J connectivity index is 1.37. The third-order valence-corrected chi connectivity index (χ3v) is 12.0. The van der Waals surface area contributed by atoms with Gasteiger partial charge in [0, 0.05) is 30.6 Å². The van der Waals surface area contributed by atoms with Crippen molar-refractivity contribution in [3.8, 4) is 19.5 Å². The van der Waals surface area contributed by atoms with Crippen LogP contribution in [-0.2, 0) is 9.59 Å². The van der Waals surface area contributed by atoms with E-state index in [1.54, 1.807) is 83.3 Å². The van der Waals surface area contributed by atoms with Crippen LogP contribution < -0.4 is 0 Å². The minimum absolute atomic E-state index is 0.0548. The van der Waals surface area contributed by atoms with Gasteiger partial charge in [-0.1, -0.05) is 48.5 Å². The number of carbonyl (C=O) groups is 4. The van der Waals surface area contributed by atoms with E-state index in [4.69, 9.17) is 0 Å². The Hall–Kier alpha value is -5.00. The van der Waals surface area contributed by atoms with E-state index in [0.29, 0.717) is 20.9 Å². The first-order valence-electron chi connectivity index (χ1n) is 14.2. The predicted octanol–water partition coefficient (Wildman–Crippen LogP) is 8.75. The second-order valence-corrected chi connectivity index (χ2v) is 14.4. The lowest BCUT2D eigenvalue weighted by atomic mass is 10.1. The van der Waals surface area contributed by atoms with Crippen LogP contribution in [0.1, 0.15) is 30.5 Å². The summed E-state index contributed by atoms with van der Waals surface area (Å²) >= 11 is 5.94. The largest absolute Gasteiger partial charge is 0.268 e. The van der Waals surface area contributed by atoms with E-state index in [-0.39, 0.29) is 22.5 Å². The molecular formula is C36H20N2O4S4. The van der Waals surface area contributed by atoms with Crippen LogP contribution in [0.3, 0.4) is 0 Å². The Morgan fingerprint density at radius 1 is 0.435 bits per heavy atom. The van der Waals surface area contributed by atoms with Crippen molar-refractivity contribution >= 4 is 80.4 Å². The molecule has 6 aromatic rings. The fourth-order valence-corrected chi connectivity index (χ4v) is 9.37. The summed E-state index contributed by atoms with van der Waals surface area (Å²) in [4.78, 5) is 64.8. The van der Waals surface area contributed by atoms with Crippen LogP contribution in [0.25, 0.3) is 30.9 Å². The fourth-order valence-electron chi connectivity index (χ4n) is 5.61. The SMILES string of the molecule is O=C1C2=C(c3ccc(-c4cccs4)s3)N(C(=O)c3ccccc3)C(=O)C2=C(c2ccc(-c3cccs3)s2)N1C(=O)c1ccccc1. The van der Waals surface area contributed by atoms with Crippen molar-refractivity contribution in [2.45, 2.75) is 0 Å². The van der Waals surface area contributed by atoms with Crippen molar-refractivity contribution in [1.82, 2.24) is 9.80 Å². The van der Waals surface area contributed by atoms with Gasteiger partial charge >= 0.3 is 0 Å². The van der Waals surface area contributed by atoms with Crippen LogP contribution in [0, 0.1) is 0 Å². The average Bonchev–Trinajstić information content (AvgIpc) is 3.93. The highest BCUT2D eigenvalue weighted by molar-refractivity contribution is 7.22. The Labute approximate surface area is 279 Å². The van der Waals surface area contributed by atoms with Crippen molar-refractivity contribution in [1.29, 1.82) is 0 Å². The Kier molecular flexibility index (Phi) is 7.07. The third-order valence-electron chi connectivity index (χ3n) is 7.66. The number of thiophene rings is 4. The van der Waals surface area contributed by atoms with Crippen molar-refractivity contribution in [3.05, 3.63) is 152 Å². The summed E-state index contributed by atoms with van der Waals surface area (Å²) in [6.45, 7) is 0. The van der Waals surface area contributed by atoms with Crippen LogP contribution >= 0.6 is 45.3 Å². The molecule has 0 spiro atoms. The van der Waals surface area contributed by atoms with Gasteiger partial charge in [0.1, 0.15) is 0 Å². The first-order valence-corrected chi connectivity index (χ1v) is 17.6. The number of imide groups is 2. The van der Waals surface area contributed by atoms with Gasteiger partial charge in [0.2, 0.25) is 0 Å². The van der Waals surface area contributed by atoms with E-state index in [9.17, 15) is 19.2 Å². The van der Waals surface area contributed by atoms with Gasteiger partial charge < -0.3 is 0 Å². The van der Waals surface area contributed by atoms with E-state index in [1.165, 1.54) is 22.7 Å². The first-order chi connectivity index (χ1) is 22.5. The summed E-state index contributed by atoms with van der Waals surface area (Å²) in [7, 11) is 0. The molecule has 10 heteroatoms. The molecule has 6 heterocycles. The topological polar surface area (TPSA) is 74.8 Å². The molecule has 46 heavy (non-hydrogen) atoms. The number of nitrogens with zero attached hydrogens (tertiary/aromatic N) is 2. The van der Waals surface area contributed by atoms with E-state index >= 15 is 0 Å². The number of amides is 4. The lowest BCUT2D eigenvalue weighted by Gasteiger charge is -2.22. The first kappa shape index (κ1) is 28.5. The van der Waals surface area contributed by atoms with Crippen molar-refractivity contribution in [2.24, 2.45) is 0 Å². The van der Waals surface area contributed by atoms with Crippen molar-refractivity contribution in [3.63, 3.8) is 0 Å². The molecule has 0 unspecified atom stereocenters. The quantitative estimate of drug-likeness (QED) is 0.166. The zero-order valence-corrected chi connectivity index (χ0v) is 27.0. The maximum Gasteiger partial charge on any atom is 0.268 e. The number of hydrogen-bond donors (Lipinski definition) is 0. The molecular weight excluding hydrogens is 653 g/mol. The van der Waals surface area contributed by atoms with Crippen LogP contribution in [0.4, 0.5) is 0 Å². The molecule has 0 atom stereocenters. The second-order valence-electron chi connectivity index (χ2n) is 10.4. The summed E-state index contributed by atoms with van der Waals surface area (Å²) in [5.74, 6) is -2.36. The maximum atomic E-state index is 14.6. The van der Waals surface area contributed by atoms with Gasteiger partial charge in [0.25, 0.3) is 23.6 Å². The van der Waals surface area contributed by atoms with Crippen LogP contribution in [0.2, 0.25) is 0 Å². The lowest BCUT2D eigenvalue weighted by molar-refractivity contribution is -0.122. The third kappa shape index (κ3) is 4.57. The van der Waals surface area contributed by atoms with Crippen LogP contribution in [0.15, 0.2) is 131 Å². The van der Waals surface area contributed by atoms with Gasteiger partial charge in [-0.15, -0.1) is 45.3 Å². The molecule has 222 valence electrons. The smallest absolute Gasteiger partial charge is 0.268 e. The highest BCUT2D eigenvalue weighted by Gasteiger charge is 2.53. The monoisotopic (exact) mass is 672 g/mol. The van der Waals surface area contributed by atoms with Gasteiger partial charge in [-0.2, -0.15) is 0 Å². The Morgan fingerprint density at radius 3 is 1.20 bits per heavy atom. The molecule has 8 rings (SSSR count). The molecule has 6 nitrogen and oxygen atoms in total. The van der Waals surface area contributed by atoms with E-state index in [0.717, 1.165) is 29.3 Å². The molecule has 0 saturated heterocycles. The van der Waals surface area contributed by atoms with Crippen LogP contribution in [-0.4, -0.2) is 33.4 Å². The normalized spacial score (nSPS) is 14.5. The van der Waals surface area contributed by atoms with E-state index in [2.05, 4.69) is 0 Å². The minimum Gasteiger partial charge on any atom is -0.268 e. The summed E-state index contributed by atoms with van der Waals surface area (Å²) in [6.07, 6.45) is 0. The molecule has 0 bridgehead atoms. The molecule has 2 aliphatic heterocycles. The standard InChI is InChI=1S/C36H20N2O4S4/c39-33(21-9-3-1-4-10-21)37-31(27-17-15-25(45-27)23-13-7-19-43-23)29-30(35(37)41)32(28-18-16-26(46-28)24-14-8-20-44-24)38(36(29)42)34(40)22-11-5-2-6-12-22/h1-20H. The van der Waals surface area contributed by atoms with E-state index < -0.39 is 23.6 Å². The summed E-state index contributed by atoms with van der Waals surface area (Å²) in [5, 5.41) is 3.96. The average molecular weight is 673 g/mol. The zero-order chi connectivity index (χ0) is 31.4. The van der Waals surface area contributed by atoms with Gasteiger partial charge in [-0.05, 0) is 71.4 Å². The Morgan fingerprint density at radius 2 is 0.826 bits per heavy atom. The number of carbonyl (C=O) groups excluding carboxylic acids is 4. The maximum absolute atomic E-state index is 14.6. The molecule has 0 fully saturated rings. The van der Waals surface area contributed by atoms with Gasteiger partial charge in [-0.3, -0.25) is 19.2 Å². The summed E-state index contributed by atoms with van der Waals surface area (Å²) < 4.78 is 0. The van der Waals surface area contributed by atoms with Gasteiger partial charge in [0.05, 0.1) is 32.3 Å². The number of rotatable bonds is 6. The second kappa shape index (κ2) is 11.4. The van der Waals surface area contributed by atoms with Gasteiger partial charge in [-0.25, -0.2) is 9.80 Å².